The van der Waals surface area contributed by atoms with E-state index in [-0.39, 0.29) is 17.9 Å². The Hall–Kier alpha value is -0.610. The molecule has 4 nitrogen and oxygen atoms in total. The largest absolute Gasteiger partial charge is 0.393 e. The van der Waals surface area contributed by atoms with E-state index in [2.05, 4.69) is 0 Å². The average Bonchev–Trinajstić information content (AvgIpc) is 2.27. The molecule has 0 aromatic heterocycles. The van der Waals surface area contributed by atoms with Crippen LogP contribution in [0.2, 0.25) is 0 Å². The van der Waals surface area contributed by atoms with Gasteiger partial charge in [0.15, 0.2) is 0 Å². The Labute approximate surface area is 103 Å². The number of hydrogen-bond donors (Lipinski definition) is 2. The van der Waals surface area contributed by atoms with Gasteiger partial charge < -0.3 is 15.7 Å². The lowest BCUT2D eigenvalue weighted by Gasteiger charge is -2.36. The van der Waals surface area contributed by atoms with E-state index < -0.39 is 0 Å². The van der Waals surface area contributed by atoms with Gasteiger partial charge in [0.25, 0.3) is 0 Å². The maximum atomic E-state index is 12.2. The lowest BCUT2D eigenvalue weighted by molar-refractivity contribution is -0.136. The Bertz CT molecular complexity index is 269. The maximum absolute atomic E-state index is 12.2. The molecular weight excluding hydrogens is 216 g/mol. The molecule has 17 heavy (non-hydrogen) atoms. The quantitative estimate of drug-likeness (QED) is 0.764. The van der Waals surface area contributed by atoms with Crippen LogP contribution in [0, 0.1) is 11.8 Å². The number of aliphatic hydroxyl groups is 1. The van der Waals surface area contributed by atoms with E-state index in [0.717, 1.165) is 45.1 Å². The molecule has 0 heterocycles. The number of carbonyl (C=O) groups is 1. The molecule has 0 radical (unpaired) electrons. The first-order chi connectivity index (χ1) is 8.06. The Balaban J connectivity index is 1.74. The van der Waals surface area contributed by atoms with E-state index in [9.17, 15) is 9.90 Å². The van der Waals surface area contributed by atoms with Crippen molar-refractivity contribution in [3.05, 3.63) is 0 Å². The van der Waals surface area contributed by atoms with E-state index in [1.54, 1.807) is 0 Å². The molecule has 2 aliphatic carbocycles. The smallest absolute Gasteiger partial charge is 0.225 e. The van der Waals surface area contributed by atoms with Crippen LogP contribution in [0.15, 0.2) is 0 Å². The van der Waals surface area contributed by atoms with Gasteiger partial charge in [-0.15, -0.1) is 0 Å². The molecular formula is C13H24N2O2. The van der Waals surface area contributed by atoms with Gasteiger partial charge in [0.05, 0.1) is 6.10 Å². The molecule has 2 rings (SSSR count). The molecule has 0 spiro atoms. The second-order valence-corrected chi connectivity index (χ2v) is 5.82. The Kier molecular flexibility index (Phi) is 4.05. The second kappa shape index (κ2) is 5.36. The van der Waals surface area contributed by atoms with Crippen LogP contribution in [-0.2, 0) is 4.79 Å². The molecule has 0 aromatic rings. The van der Waals surface area contributed by atoms with E-state index in [1.165, 1.54) is 0 Å². The highest BCUT2D eigenvalue weighted by molar-refractivity contribution is 5.78. The van der Waals surface area contributed by atoms with Gasteiger partial charge in [-0.05, 0) is 44.4 Å². The summed E-state index contributed by atoms with van der Waals surface area (Å²) in [5, 5.41) is 9.23. The molecule has 3 N–H and O–H groups in total. The Morgan fingerprint density at radius 1 is 1.29 bits per heavy atom. The van der Waals surface area contributed by atoms with Crippen molar-refractivity contribution in [3.8, 4) is 0 Å². The number of carbonyl (C=O) groups excluding carboxylic acids is 1. The maximum Gasteiger partial charge on any atom is 0.225 e. The number of rotatable bonds is 3. The number of aliphatic hydroxyl groups excluding tert-OH is 1. The number of nitrogens with zero attached hydrogens (tertiary/aromatic N) is 1. The zero-order chi connectivity index (χ0) is 12.4. The van der Waals surface area contributed by atoms with Crippen LogP contribution in [0.4, 0.5) is 0 Å². The summed E-state index contributed by atoms with van der Waals surface area (Å²) in [5.74, 6) is 0.966. The molecule has 0 aromatic carbocycles. The van der Waals surface area contributed by atoms with Crippen LogP contribution in [-0.4, -0.2) is 41.7 Å². The topological polar surface area (TPSA) is 66.6 Å². The average molecular weight is 240 g/mol. The Morgan fingerprint density at radius 3 is 2.41 bits per heavy atom. The van der Waals surface area contributed by atoms with Crippen molar-refractivity contribution in [3.63, 3.8) is 0 Å². The van der Waals surface area contributed by atoms with E-state index >= 15 is 0 Å². The van der Waals surface area contributed by atoms with Crippen LogP contribution < -0.4 is 5.73 Å². The summed E-state index contributed by atoms with van der Waals surface area (Å²) in [4.78, 5) is 14.0. The fraction of sp³-hybridized carbons (Fsp3) is 0.923. The van der Waals surface area contributed by atoms with Crippen LogP contribution in [0.3, 0.4) is 0 Å². The number of nitrogens with two attached hydrogens (primary N) is 1. The van der Waals surface area contributed by atoms with Gasteiger partial charge >= 0.3 is 0 Å². The highest BCUT2D eigenvalue weighted by atomic mass is 16.3. The predicted octanol–water partition coefficient (Wildman–Crippen LogP) is 0.733. The molecule has 0 aliphatic heterocycles. The van der Waals surface area contributed by atoms with Gasteiger partial charge in [-0.25, -0.2) is 0 Å². The normalized spacial score (nSPS) is 37.4. The van der Waals surface area contributed by atoms with E-state index in [1.807, 2.05) is 11.9 Å². The first-order valence-electron chi connectivity index (χ1n) is 6.75. The monoisotopic (exact) mass is 240 g/mol. The van der Waals surface area contributed by atoms with Gasteiger partial charge in [-0.2, -0.15) is 0 Å². The summed E-state index contributed by atoms with van der Waals surface area (Å²) >= 11 is 0. The molecule has 2 aliphatic rings. The third-order valence-electron chi connectivity index (χ3n) is 4.24. The van der Waals surface area contributed by atoms with E-state index in [0.29, 0.717) is 12.0 Å². The molecule has 0 bridgehead atoms. The molecule has 0 unspecified atom stereocenters. The summed E-state index contributed by atoms with van der Waals surface area (Å²) in [5.41, 5.74) is 5.85. The second-order valence-electron chi connectivity index (χ2n) is 5.82. The first kappa shape index (κ1) is 12.8. The van der Waals surface area contributed by atoms with Crippen LogP contribution >= 0.6 is 0 Å². The van der Waals surface area contributed by atoms with Gasteiger partial charge in [0.1, 0.15) is 0 Å². The Morgan fingerprint density at radius 2 is 1.88 bits per heavy atom. The van der Waals surface area contributed by atoms with Crippen LogP contribution in [0.25, 0.3) is 0 Å². The van der Waals surface area contributed by atoms with Crippen molar-refractivity contribution in [1.82, 2.24) is 4.90 Å². The zero-order valence-electron chi connectivity index (χ0n) is 10.6. The summed E-state index contributed by atoms with van der Waals surface area (Å²) in [6.07, 6.45) is 5.42. The molecule has 98 valence electrons. The third-order valence-corrected chi connectivity index (χ3v) is 4.24. The summed E-state index contributed by atoms with van der Waals surface area (Å²) in [6, 6.07) is 0.297. The van der Waals surface area contributed by atoms with Crippen molar-refractivity contribution >= 4 is 5.91 Å². The fourth-order valence-electron chi connectivity index (χ4n) is 3.00. The standard InChI is InChI=1S/C13H24N2O2/c1-15(8-9-6-12(16)7-9)13(17)10-2-4-11(14)5-3-10/h9-12,16H,2-8,14H2,1H3. The minimum absolute atomic E-state index is 0.129. The van der Waals surface area contributed by atoms with Crippen molar-refractivity contribution in [2.24, 2.45) is 17.6 Å². The van der Waals surface area contributed by atoms with Crippen molar-refractivity contribution < 1.29 is 9.90 Å². The van der Waals surface area contributed by atoms with Gasteiger partial charge in [-0.3, -0.25) is 4.79 Å². The van der Waals surface area contributed by atoms with Gasteiger partial charge in [0, 0.05) is 25.6 Å². The van der Waals surface area contributed by atoms with Crippen molar-refractivity contribution in [2.75, 3.05) is 13.6 Å². The zero-order valence-corrected chi connectivity index (χ0v) is 10.6. The van der Waals surface area contributed by atoms with Gasteiger partial charge in [-0.1, -0.05) is 0 Å². The fourth-order valence-corrected chi connectivity index (χ4v) is 3.00. The molecule has 0 atom stereocenters. The third kappa shape index (κ3) is 3.19. The minimum atomic E-state index is -0.129. The molecule has 2 fully saturated rings. The summed E-state index contributed by atoms with van der Waals surface area (Å²) in [7, 11) is 1.89. The molecule has 0 saturated heterocycles. The lowest BCUT2D eigenvalue weighted by atomic mass is 9.81. The molecule has 1 amide bonds. The summed E-state index contributed by atoms with van der Waals surface area (Å²) in [6.45, 7) is 0.804. The van der Waals surface area contributed by atoms with Crippen molar-refractivity contribution in [2.45, 2.75) is 50.7 Å². The van der Waals surface area contributed by atoms with Crippen molar-refractivity contribution in [1.29, 1.82) is 0 Å². The van der Waals surface area contributed by atoms with Crippen LogP contribution in [0.5, 0.6) is 0 Å². The lowest BCUT2D eigenvalue weighted by Crippen LogP contribution is -2.43. The van der Waals surface area contributed by atoms with Crippen LogP contribution in [0.1, 0.15) is 38.5 Å². The number of amides is 1. The minimum Gasteiger partial charge on any atom is -0.393 e. The van der Waals surface area contributed by atoms with E-state index in [4.69, 9.17) is 5.73 Å². The predicted molar refractivity (Wildman–Crippen MR) is 66.3 cm³/mol. The van der Waals surface area contributed by atoms with Gasteiger partial charge in [0.2, 0.25) is 5.91 Å². The first-order valence-corrected chi connectivity index (χ1v) is 6.75. The highest BCUT2D eigenvalue weighted by Gasteiger charge is 2.32. The molecule has 4 heteroatoms. The number of hydrogen-bond acceptors (Lipinski definition) is 3. The molecule has 2 saturated carbocycles. The highest BCUT2D eigenvalue weighted by Crippen LogP contribution is 2.29. The summed E-state index contributed by atoms with van der Waals surface area (Å²) < 4.78 is 0. The SMILES string of the molecule is CN(CC1CC(O)C1)C(=O)C1CCC(N)CC1.